The topological polar surface area (TPSA) is 83.9 Å². The number of hydrogen-bond acceptors (Lipinski definition) is 6. The number of anilines is 1. The molecule has 40 heavy (non-hydrogen) atoms. The number of likely N-dealkylation sites (tertiary alicyclic amines) is 1. The van der Waals surface area contributed by atoms with Crippen molar-refractivity contribution in [3.8, 4) is 0 Å². The highest BCUT2D eigenvalue weighted by Gasteiger charge is 2.40. The highest BCUT2D eigenvalue weighted by molar-refractivity contribution is 5.76. The Labute approximate surface area is 237 Å². The Morgan fingerprint density at radius 2 is 2.12 bits per heavy atom. The summed E-state index contributed by atoms with van der Waals surface area (Å²) in [7, 11) is 1.67. The fourth-order valence-corrected chi connectivity index (χ4v) is 6.53. The van der Waals surface area contributed by atoms with E-state index in [2.05, 4.69) is 17.4 Å². The molecule has 5 rings (SSSR count). The van der Waals surface area contributed by atoms with Crippen LogP contribution < -0.4 is 5.32 Å². The number of nitrogens with zero attached hydrogens (tertiary/aromatic N) is 2. The van der Waals surface area contributed by atoms with E-state index < -0.39 is 23.8 Å². The zero-order valence-electron chi connectivity index (χ0n) is 24.1. The largest absolute Gasteiger partial charge is 0.480 e. The minimum Gasteiger partial charge on any atom is -0.480 e. The second kappa shape index (κ2) is 12.5. The maximum absolute atomic E-state index is 15.4. The number of aliphatic carboxylic acids is 1. The molecule has 0 amide bonds. The van der Waals surface area contributed by atoms with E-state index in [4.69, 9.17) is 14.5 Å². The van der Waals surface area contributed by atoms with E-state index in [-0.39, 0.29) is 12.0 Å². The monoisotopic (exact) mass is 553 g/mol. The summed E-state index contributed by atoms with van der Waals surface area (Å²) in [5, 5.41) is 13.7. The zero-order valence-corrected chi connectivity index (χ0v) is 24.1. The van der Waals surface area contributed by atoms with Crippen molar-refractivity contribution >= 4 is 11.8 Å². The van der Waals surface area contributed by atoms with Crippen LogP contribution in [0.5, 0.6) is 0 Å². The molecule has 1 aromatic heterocycles. The number of fused-ring (bicyclic) bond motifs is 2. The van der Waals surface area contributed by atoms with Gasteiger partial charge in [0.2, 0.25) is 0 Å². The van der Waals surface area contributed by atoms with Gasteiger partial charge in [0.05, 0.1) is 18.3 Å². The highest BCUT2D eigenvalue weighted by Crippen LogP contribution is 2.37. The second-order valence-corrected chi connectivity index (χ2v) is 12.2. The number of benzene rings is 1. The van der Waals surface area contributed by atoms with Crippen LogP contribution in [0.3, 0.4) is 0 Å². The van der Waals surface area contributed by atoms with Crippen LogP contribution in [0.15, 0.2) is 30.3 Å². The van der Waals surface area contributed by atoms with E-state index in [1.54, 1.807) is 7.11 Å². The number of unbranched alkanes of at least 4 members (excludes halogenated alkanes) is 1. The van der Waals surface area contributed by atoms with Crippen molar-refractivity contribution in [2.45, 2.75) is 95.7 Å². The van der Waals surface area contributed by atoms with Crippen molar-refractivity contribution in [3.63, 3.8) is 0 Å². The summed E-state index contributed by atoms with van der Waals surface area (Å²) in [5.74, 6) is -0.0159. The molecule has 0 aliphatic carbocycles. The summed E-state index contributed by atoms with van der Waals surface area (Å²) in [6.07, 6.45) is 5.45. The first-order chi connectivity index (χ1) is 19.3. The van der Waals surface area contributed by atoms with Crippen molar-refractivity contribution in [2.75, 3.05) is 32.1 Å². The van der Waals surface area contributed by atoms with Gasteiger partial charge in [-0.25, -0.2) is 9.37 Å². The minimum absolute atomic E-state index is 0.143. The number of carboxylic acid groups (broad SMARTS) is 1. The maximum atomic E-state index is 15.4. The van der Waals surface area contributed by atoms with Gasteiger partial charge in [0.25, 0.3) is 0 Å². The predicted molar refractivity (Wildman–Crippen MR) is 153 cm³/mol. The Hall–Kier alpha value is -2.55. The first-order valence-electron chi connectivity index (χ1n) is 14.9. The first kappa shape index (κ1) is 29.0. The Bertz CT molecular complexity index is 1190. The van der Waals surface area contributed by atoms with Crippen LogP contribution >= 0.6 is 0 Å². The van der Waals surface area contributed by atoms with Crippen LogP contribution in [0.1, 0.15) is 79.9 Å². The molecule has 1 saturated heterocycles. The number of pyridine rings is 1. The molecule has 2 N–H and O–H groups in total. The molecule has 4 heterocycles. The van der Waals surface area contributed by atoms with Gasteiger partial charge in [-0.3, -0.25) is 9.69 Å². The Morgan fingerprint density at radius 1 is 1.27 bits per heavy atom. The Balaban J connectivity index is 1.18. The minimum atomic E-state index is -0.928. The molecular weight excluding hydrogens is 509 g/mol. The van der Waals surface area contributed by atoms with Crippen LogP contribution in [-0.2, 0) is 40.1 Å². The molecule has 3 aliphatic rings. The number of aryl methyl sites for hydroxylation is 2. The van der Waals surface area contributed by atoms with Crippen LogP contribution in [-0.4, -0.2) is 65.6 Å². The lowest BCUT2D eigenvalue weighted by Gasteiger charge is -2.38. The van der Waals surface area contributed by atoms with Crippen molar-refractivity contribution in [3.05, 3.63) is 58.3 Å². The van der Waals surface area contributed by atoms with Crippen molar-refractivity contribution in [2.24, 2.45) is 5.92 Å². The number of ether oxygens (including phenoxy) is 2. The van der Waals surface area contributed by atoms with E-state index in [9.17, 15) is 9.90 Å². The lowest BCUT2D eigenvalue weighted by Crippen LogP contribution is -2.44. The standard InChI is InChI=1S/C32H44FN3O4/c1-32(2,39-3)28-18-26-23(20-40-28)8-6-11-25(26)29(31(37)38)36-17-15-22(19-36)27(33)12-5-4-10-24-14-13-21-9-7-16-34-30(21)35-24/h6,8,11,13-14,22,27-29H,4-5,7,9-10,12,15-20H2,1-3H3,(H,34,35)(H,37,38)/t22-,27-,28+,29+/m1/s1. The number of rotatable bonds is 11. The van der Waals surface area contributed by atoms with Gasteiger partial charge < -0.3 is 19.9 Å². The number of aromatic nitrogens is 1. The highest BCUT2D eigenvalue weighted by atomic mass is 19.1. The number of nitrogens with one attached hydrogen (secondary N) is 1. The molecule has 1 aromatic carbocycles. The molecule has 1 fully saturated rings. The van der Waals surface area contributed by atoms with Gasteiger partial charge in [-0.15, -0.1) is 0 Å². The molecule has 7 nitrogen and oxygen atoms in total. The number of methoxy groups -OCH3 is 1. The van der Waals surface area contributed by atoms with Gasteiger partial charge in [-0.2, -0.15) is 0 Å². The van der Waals surface area contributed by atoms with Gasteiger partial charge in [0, 0.05) is 38.2 Å². The zero-order chi connectivity index (χ0) is 28.3. The van der Waals surface area contributed by atoms with Crippen molar-refractivity contribution < 1.29 is 23.8 Å². The van der Waals surface area contributed by atoms with E-state index >= 15 is 4.39 Å². The van der Waals surface area contributed by atoms with E-state index in [1.165, 1.54) is 5.56 Å². The number of carboxylic acids is 1. The molecule has 4 atom stereocenters. The van der Waals surface area contributed by atoms with Crippen LogP contribution in [0.25, 0.3) is 0 Å². The first-order valence-corrected chi connectivity index (χ1v) is 14.9. The molecule has 2 aromatic rings. The summed E-state index contributed by atoms with van der Waals surface area (Å²) in [6, 6.07) is 9.32. The Morgan fingerprint density at radius 3 is 2.92 bits per heavy atom. The molecule has 3 aliphatic heterocycles. The molecule has 0 spiro atoms. The summed E-state index contributed by atoms with van der Waals surface area (Å²) < 4.78 is 27.1. The predicted octanol–water partition coefficient (Wildman–Crippen LogP) is 5.50. The van der Waals surface area contributed by atoms with Gasteiger partial charge >= 0.3 is 5.97 Å². The van der Waals surface area contributed by atoms with E-state index in [0.29, 0.717) is 39.0 Å². The number of halogens is 1. The van der Waals surface area contributed by atoms with Crippen molar-refractivity contribution in [1.82, 2.24) is 9.88 Å². The Kier molecular flexibility index (Phi) is 9.08. The molecule has 0 unspecified atom stereocenters. The van der Waals surface area contributed by atoms with Gasteiger partial charge in [0.15, 0.2) is 0 Å². The molecule has 0 bridgehead atoms. The van der Waals surface area contributed by atoms with E-state index in [1.807, 2.05) is 36.9 Å². The van der Waals surface area contributed by atoms with Gasteiger partial charge in [-0.1, -0.05) is 30.7 Å². The summed E-state index contributed by atoms with van der Waals surface area (Å²) >= 11 is 0. The SMILES string of the molecule is COC(C)(C)[C@@H]1Cc2c(cccc2[C@@H](C(=O)O)N2CC[C@@H]([C@H](F)CCCCc3ccc4c(n3)NCCC4)C2)CO1. The molecule has 8 heteroatoms. The third kappa shape index (κ3) is 6.34. The average Bonchev–Trinajstić information content (AvgIpc) is 3.44. The third-order valence-corrected chi connectivity index (χ3v) is 9.22. The third-order valence-electron chi connectivity index (χ3n) is 9.22. The van der Waals surface area contributed by atoms with Crippen molar-refractivity contribution in [1.29, 1.82) is 0 Å². The lowest BCUT2D eigenvalue weighted by molar-refractivity contribution is -0.143. The van der Waals surface area contributed by atoms with Gasteiger partial charge in [0.1, 0.15) is 18.0 Å². The number of carbonyl (C=O) groups is 1. The smallest absolute Gasteiger partial charge is 0.325 e. The van der Waals surface area contributed by atoms with Crippen LogP contribution in [0.2, 0.25) is 0 Å². The average molecular weight is 554 g/mol. The lowest BCUT2D eigenvalue weighted by atomic mass is 9.85. The second-order valence-electron chi connectivity index (χ2n) is 12.2. The summed E-state index contributed by atoms with van der Waals surface area (Å²) in [4.78, 5) is 19.3. The van der Waals surface area contributed by atoms with Gasteiger partial charge in [-0.05, 0) is 87.2 Å². The fraction of sp³-hybridized carbons (Fsp3) is 0.625. The molecule has 0 saturated carbocycles. The maximum Gasteiger partial charge on any atom is 0.325 e. The quantitative estimate of drug-likeness (QED) is 0.355. The molecule has 0 radical (unpaired) electrons. The summed E-state index contributed by atoms with van der Waals surface area (Å²) in [6.45, 7) is 6.44. The normalized spacial score (nSPS) is 22.7. The van der Waals surface area contributed by atoms with Crippen LogP contribution in [0, 0.1) is 5.92 Å². The van der Waals surface area contributed by atoms with E-state index in [0.717, 1.165) is 66.9 Å². The molecule has 218 valence electrons. The number of hydrogen-bond donors (Lipinski definition) is 2. The van der Waals surface area contributed by atoms with Crippen LogP contribution in [0.4, 0.5) is 10.2 Å². The number of alkyl halides is 1. The fourth-order valence-electron chi connectivity index (χ4n) is 6.53. The summed E-state index contributed by atoms with van der Waals surface area (Å²) in [5.41, 5.74) is 4.71. The molecular formula is C32H44FN3O4.